The topological polar surface area (TPSA) is 66.4 Å². The van der Waals surface area contributed by atoms with Crippen molar-refractivity contribution in [3.8, 4) is 0 Å². The molecule has 0 aromatic heterocycles. The first-order valence-electron chi connectivity index (χ1n) is 6.38. The molecule has 0 saturated heterocycles. The van der Waals surface area contributed by atoms with Crippen molar-refractivity contribution in [3.63, 3.8) is 0 Å². The van der Waals surface area contributed by atoms with Crippen LogP contribution in [0.2, 0.25) is 0 Å². The minimum absolute atomic E-state index is 0.135. The largest absolute Gasteiger partial charge is 0.550 e. The van der Waals surface area contributed by atoms with Gasteiger partial charge in [0.2, 0.25) is 0 Å². The fourth-order valence-electron chi connectivity index (χ4n) is 2.72. The molecule has 100 valence electrons. The van der Waals surface area contributed by atoms with E-state index < -0.39 is 11.9 Å². The lowest BCUT2D eigenvalue weighted by Crippen LogP contribution is -2.38. The predicted octanol–water partition coefficient (Wildman–Crippen LogP) is 1.05. The zero-order valence-electron chi connectivity index (χ0n) is 11.1. The highest BCUT2D eigenvalue weighted by Gasteiger charge is 2.56. The van der Waals surface area contributed by atoms with Crippen molar-refractivity contribution in [1.29, 1.82) is 0 Å². The number of aliphatic carboxylic acids is 1. The van der Waals surface area contributed by atoms with Gasteiger partial charge in [0.1, 0.15) is 5.60 Å². The molecule has 18 heavy (non-hydrogen) atoms. The molecular formula is C14H19O4-. The van der Waals surface area contributed by atoms with Crippen molar-refractivity contribution >= 4 is 11.9 Å². The molecule has 0 amide bonds. The number of carbonyl (C=O) groups is 2. The summed E-state index contributed by atoms with van der Waals surface area (Å²) in [6.07, 6.45) is 5.91. The molecule has 2 fully saturated rings. The Kier molecular flexibility index (Phi) is 2.99. The lowest BCUT2D eigenvalue weighted by Gasteiger charge is -2.37. The van der Waals surface area contributed by atoms with Crippen molar-refractivity contribution in [1.82, 2.24) is 0 Å². The first-order valence-corrected chi connectivity index (χ1v) is 6.38. The maximum absolute atomic E-state index is 11.6. The summed E-state index contributed by atoms with van der Waals surface area (Å²) in [7, 11) is 0. The van der Waals surface area contributed by atoms with Gasteiger partial charge in [0.15, 0.2) is 0 Å². The molecule has 0 spiro atoms. The van der Waals surface area contributed by atoms with Crippen LogP contribution in [0.1, 0.15) is 40.0 Å². The first-order chi connectivity index (χ1) is 8.26. The summed E-state index contributed by atoms with van der Waals surface area (Å²) in [6.45, 7) is 5.65. The Bertz CT molecular complexity index is 404. The number of esters is 1. The van der Waals surface area contributed by atoms with Gasteiger partial charge in [-0.25, -0.2) is 4.79 Å². The fraction of sp³-hybridized carbons (Fsp3) is 0.714. The van der Waals surface area contributed by atoms with E-state index in [9.17, 15) is 14.7 Å². The highest BCUT2D eigenvalue weighted by Crippen LogP contribution is 2.58. The molecule has 0 bridgehead atoms. The second-order valence-corrected chi connectivity index (χ2v) is 6.23. The van der Waals surface area contributed by atoms with E-state index in [1.54, 1.807) is 6.08 Å². The zero-order chi connectivity index (χ0) is 13.6. The fourth-order valence-corrected chi connectivity index (χ4v) is 2.72. The lowest BCUT2D eigenvalue weighted by atomic mass is 9.82. The Hall–Kier alpha value is -1.32. The third-order valence-electron chi connectivity index (χ3n) is 4.36. The van der Waals surface area contributed by atoms with E-state index in [-0.39, 0.29) is 22.9 Å². The van der Waals surface area contributed by atoms with Gasteiger partial charge in [-0.1, -0.05) is 19.9 Å². The summed E-state index contributed by atoms with van der Waals surface area (Å²) >= 11 is 0. The third kappa shape index (κ3) is 2.28. The molecule has 0 aromatic carbocycles. The molecule has 2 rings (SSSR count). The monoisotopic (exact) mass is 251 g/mol. The number of ether oxygens (including phenoxy) is 1. The average molecular weight is 251 g/mol. The van der Waals surface area contributed by atoms with Gasteiger partial charge in [0.25, 0.3) is 0 Å². The van der Waals surface area contributed by atoms with Gasteiger partial charge in [0.05, 0.1) is 0 Å². The van der Waals surface area contributed by atoms with E-state index in [1.807, 2.05) is 20.8 Å². The molecule has 2 saturated carbocycles. The van der Waals surface area contributed by atoms with Crippen molar-refractivity contribution < 1.29 is 19.4 Å². The summed E-state index contributed by atoms with van der Waals surface area (Å²) in [4.78, 5) is 22.5. The Labute approximate surface area is 107 Å². The minimum atomic E-state index is -1.05. The highest BCUT2D eigenvalue weighted by atomic mass is 16.6. The van der Waals surface area contributed by atoms with E-state index in [0.717, 1.165) is 19.3 Å². The van der Waals surface area contributed by atoms with Crippen LogP contribution in [0.15, 0.2) is 12.2 Å². The van der Waals surface area contributed by atoms with E-state index in [1.165, 1.54) is 6.08 Å². The lowest BCUT2D eigenvalue weighted by molar-refractivity contribution is -0.309. The molecule has 0 radical (unpaired) electrons. The maximum Gasteiger partial charge on any atom is 0.330 e. The predicted molar refractivity (Wildman–Crippen MR) is 63.3 cm³/mol. The van der Waals surface area contributed by atoms with E-state index in [4.69, 9.17) is 4.74 Å². The van der Waals surface area contributed by atoms with Crippen LogP contribution in [0.4, 0.5) is 0 Å². The molecule has 0 N–H and O–H groups in total. The Balaban J connectivity index is 1.88. The number of hydrogen-bond acceptors (Lipinski definition) is 4. The molecule has 0 heterocycles. The van der Waals surface area contributed by atoms with Crippen molar-refractivity contribution in [3.05, 3.63) is 12.2 Å². The van der Waals surface area contributed by atoms with Crippen LogP contribution in [0.5, 0.6) is 0 Å². The average Bonchev–Trinajstić information content (AvgIpc) is 2.75. The number of hydrogen-bond donors (Lipinski definition) is 0. The van der Waals surface area contributed by atoms with Crippen molar-refractivity contribution in [2.24, 2.45) is 17.3 Å². The van der Waals surface area contributed by atoms with Crippen LogP contribution in [0.25, 0.3) is 0 Å². The molecule has 0 aliphatic heterocycles. The summed E-state index contributed by atoms with van der Waals surface area (Å²) in [5.41, 5.74) is -0.635. The summed E-state index contributed by atoms with van der Waals surface area (Å²) in [5, 5.41) is 10.9. The van der Waals surface area contributed by atoms with Gasteiger partial charge in [-0.3, -0.25) is 0 Å². The molecule has 0 aromatic rings. The minimum Gasteiger partial charge on any atom is -0.550 e. The Morgan fingerprint density at radius 2 is 1.89 bits per heavy atom. The van der Waals surface area contributed by atoms with Crippen molar-refractivity contribution in [2.45, 2.75) is 45.6 Å². The Morgan fingerprint density at radius 3 is 2.28 bits per heavy atom. The first kappa shape index (κ1) is 13.1. The second kappa shape index (κ2) is 4.11. The van der Waals surface area contributed by atoms with Gasteiger partial charge in [-0.05, 0) is 37.5 Å². The number of carboxylic acids is 1. The Morgan fingerprint density at radius 1 is 1.28 bits per heavy atom. The highest BCUT2D eigenvalue weighted by molar-refractivity contribution is 5.83. The molecule has 2 aliphatic carbocycles. The van der Waals surface area contributed by atoms with E-state index in [2.05, 4.69) is 0 Å². The molecule has 4 heteroatoms. The van der Waals surface area contributed by atoms with Crippen LogP contribution in [0.3, 0.4) is 0 Å². The van der Waals surface area contributed by atoms with Crippen LogP contribution >= 0.6 is 0 Å². The van der Waals surface area contributed by atoms with Gasteiger partial charge in [-0.2, -0.15) is 0 Å². The SMILES string of the molecule is CC1(OC(=O)/C=C/C2C(C(=O)[O-])C2(C)C)CCC1. The van der Waals surface area contributed by atoms with E-state index >= 15 is 0 Å². The molecular weight excluding hydrogens is 232 g/mol. The standard InChI is InChI=1S/C14H20O4/c1-13(2)9(11(13)12(16)17)5-6-10(15)18-14(3)7-4-8-14/h5-6,9,11H,4,7-8H2,1-3H3,(H,16,17)/p-1/b6-5+. The van der Waals surface area contributed by atoms with Gasteiger partial charge in [-0.15, -0.1) is 0 Å². The number of allylic oxidation sites excluding steroid dienone is 1. The molecule has 2 unspecified atom stereocenters. The summed E-state index contributed by atoms with van der Waals surface area (Å²) in [5.74, 6) is -2.06. The third-order valence-corrected chi connectivity index (χ3v) is 4.36. The molecule has 2 atom stereocenters. The quantitative estimate of drug-likeness (QED) is 0.553. The van der Waals surface area contributed by atoms with Crippen molar-refractivity contribution in [2.75, 3.05) is 0 Å². The smallest absolute Gasteiger partial charge is 0.330 e. The number of carbonyl (C=O) groups excluding carboxylic acids is 2. The number of carboxylic acid groups (broad SMARTS) is 1. The van der Waals surface area contributed by atoms with Gasteiger partial charge in [0, 0.05) is 18.0 Å². The van der Waals surface area contributed by atoms with Gasteiger partial charge >= 0.3 is 5.97 Å². The number of rotatable bonds is 4. The molecule has 4 nitrogen and oxygen atoms in total. The normalized spacial score (nSPS) is 31.7. The summed E-state index contributed by atoms with van der Waals surface area (Å²) in [6, 6.07) is 0. The van der Waals surface area contributed by atoms with Gasteiger partial charge < -0.3 is 14.6 Å². The van der Waals surface area contributed by atoms with Crippen LogP contribution in [0, 0.1) is 17.3 Å². The van der Waals surface area contributed by atoms with Crippen LogP contribution < -0.4 is 5.11 Å². The zero-order valence-corrected chi connectivity index (χ0v) is 11.1. The van der Waals surface area contributed by atoms with Crippen LogP contribution in [-0.4, -0.2) is 17.5 Å². The van der Waals surface area contributed by atoms with Crippen LogP contribution in [-0.2, 0) is 14.3 Å². The molecule has 2 aliphatic rings. The second-order valence-electron chi connectivity index (χ2n) is 6.23. The summed E-state index contributed by atoms with van der Waals surface area (Å²) < 4.78 is 5.33. The van der Waals surface area contributed by atoms with E-state index in [0.29, 0.717) is 0 Å². The maximum atomic E-state index is 11.6.